The molecule has 160 valence electrons. The van der Waals surface area contributed by atoms with Crippen molar-refractivity contribution in [1.29, 1.82) is 0 Å². The first-order chi connectivity index (χ1) is 14.6. The van der Waals surface area contributed by atoms with E-state index in [2.05, 4.69) is 10.6 Å². The average Bonchev–Trinajstić information content (AvgIpc) is 3.50. The minimum Gasteiger partial charge on any atom is -0.469 e. The highest BCUT2D eigenvalue weighted by Crippen LogP contribution is 2.44. The summed E-state index contributed by atoms with van der Waals surface area (Å²) in [6.45, 7) is 1.35. The van der Waals surface area contributed by atoms with Crippen LogP contribution in [0.25, 0.3) is 0 Å². The molecule has 2 aromatic rings. The van der Waals surface area contributed by atoms with Crippen LogP contribution in [0.15, 0.2) is 52.1 Å². The summed E-state index contributed by atoms with van der Waals surface area (Å²) in [5, 5.41) is 7.17. The predicted octanol–water partition coefficient (Wildman–Crippen LogP) is 3.45. The van der Waals surface area contributed by atoms with Crippen LogP contribution in [0.5, 0.6) is 0 Å². The number of hydrogen-bond acceptors (Lipinski definition) is 3. The number of rotatable bonds is 7. The maximum absolute atomic E-state index is 12.1. The van der Waals surface area contributed by atoms with Gasteiger partial charge in [-0.25, -0.2) is 4.99 Å². The lowest BCUT2D eigenvalue weighted by Gasteiger charge is -2.25. The number of guanidine groups is 1. The van der Waals surface area contributed by atoms with Crippen LogP contribution in [-0.2, 0) is 13.0 Å². The standard InChI is InChI=1S/C24H32N4O2/c1-28(2)23(29)19-8-5-17(6-9-19)16-26-24(25-12-11-21-4-3-13-30-21)27-22-15-18-7-10-20(22)14-18/h3-6,8-9,13,18,20,22H,7,10-12,14-16H2,1-2H3,(H2,25,26,27). The second-order valence-corrected chi connectivity index (χ2v) is 8.74. The van der Waals surface area contributed by atoms with Crippen LogP contribution in [0.2, 0.25) is 0 Å². The Morgan fingerprint density at radius 2 is 2.00 bits per heavy atom. The number of benzene rings is 1. The van der Waals surface area contributed by atoms with Crippen LogP contribution < -0.4 is 10.6 Å². The summed E-state index contributed by atoms with van der Waals surface area (Å²) in [7, 11) is 3.53. The molecule has 2 saturated carbocycles. The number of fused-ring (bicyclic) bond motifs is 2. The van der Waals surface area contributed by atoms with Gasteiger partial charge in [0.05, 0.1) is 12.8 Å². The van der Waals surface area contributed by atoms with Gasteiger partial charge >= 0.3 is 0 Å². The summed E-state index contributed by atoms with van der Waals surface area (Å²) in [6, 6.07) is 12.2. The van der Waals surface area contributed by atoms with E-state index in [1.165, 1.54) is 25.7 Å². The van der Waals surface area contributed by atoms with E-state index in [1.807, 2.05) is 36.4 Å². The van der Waals surface area contributed by atoms with Gasteiger partial charge in [0.25, 0.3) is 5.91 Å². The Labute approximate surface area is 178 Å². The fourth-order valence-electron chi connectivity index (χ4n) is 4.69. The molecule has 1 amide bonds. The fraction of sp³-hybridized carbons (Fsp3) is 0.500. The summed E-state index contributed by atoms with van der Waals surface area (Å²) in [5.41, 5.74) is 1.79. The van der Waals surface area contributed by atoms with Gasteiger partial charge in [-0.1, -0.05) is 18.6 Å². The normalized spacial score (nSPS) is 22.9. The van der Waals surface area contributed by atoms with Crippen molar-refractivity contribution < 1.29 is 9.21 Å². The lowest BCUT2D eigenvalue weighted by Crippen LogP contribution is -2.46. The summed E-state index contributed by atoms with van der Waals surface area (Å²) in [4.78, 5) is 18.5. The zero-order chi connectivity index (χ0) is 20.9. The van der Waals surface area contributed by atoms with Crippen molar-refractivity contribution in [2.75, 3.05) is 20.6 Å². The van der Waals surface area contributed by atoms with Crippen LogP contribution in [0.1, 0.15) is 47.4 Å². The highest BCUT2D eigenvalue weighted by atomic mass is 16.3. The Morgan fingerprint density at radius 3 is 2.63 bits per heavy atom. The first-order valence-corrected chi connectivity index (χ1v) is 11.0. The molecule has 1 aromatic heterocycles. The zero-order valence-corrected chi connectivity index (χ0v) is 17.9. The van der Waals surface area contributed by atoms with Gasteiger partial charge in [-0.05, 0) is 60.9 Å². The lowest BCUT2D eigenvalue weighted by atomic mass is 9.95. The number of amides is 1. The Hall–Kier alpha value is -2.76. The third kappa shape index (κ3) is 5.04. The van der Waals surface area contributed by atoms with Gasteiger partial charge in [0.2, 0.25) is 0 Å². The van der Waals surface area contributed by atoms with Crippen molar-refractivity contribution >= 4 is 11.9 Å². The minimum atomic E-state index is 0.0169. The van der Waals surface area contributed by atoms with Crippen LogP contribution >= 0.6 is 0 Å². The van der Waals surface area contributed by atoms with Gasteiger partial charge < -0.3 is 20.0 Å². The molecule has 1 aromatic carbocycles. The highest BCUT2D eigenvalue weighted by Gasteiger charge is 2.39. The monoisotopic (exact) mass is 408 g/mol. The van der Waals surface area contributed by atoms with Gasteiger partial charge in [0, 0.05) is 38.7 Å². The SMILES string of the molecule is CN(C)C(=O)c1ccc(CN=C(NCCc2ccco2)NC2CC3CCC2C3)cc1. The van der Waals surface area contributed by atoms with Crippen LogP contribution in [-0.4, -0.2) is 43.4 Å². The second kappa shape index (κ2) is 9.37. The molecule has 6 heteroatoms. The molecular formula is C24H32N4O2. The molecule has 0 spiro atoms. The summed E-state index contributed by atoms with van der Waals surface area (Å²) in [5.74, 6) is 3.53. The van der Waals surface area contributed by atoms with Crippen molar-refractivity contribution in [3.05, 3.63) is 59.5 Å². The maximum Gasteiger partial charge on any atom is 0.253 e. The molecule has 0 aliphatic heterocycles. The lowest BCUT2D eigenvalue weighted by molar-refractivity contribution is 0.0827. The highest BCUT2D eigenvalue weighted by molar-refractivity contribution is 5.93. The Kier molecular flexibility index (Phi) is 6.41. The van der Waals surface area contributed by atoms with E-state index in [4.69, 9.17) is 9.41 Å². The predicted molar refractivity (Wildman–Crippen MR) is 118 cm³/mol. The quantitative estimate of drug-likeness (QED) is 0.544. The third-order valence-electron chi connectivity index (χ3n) is 6.33. The molecule has 2 bridgehead atoms. The number of aliphatic imine (C=N–C) groups is 1. The van der Waals surface area contributed by atoms with E-state index in [0.29, 0.717) is 18.2 Å². The molecule has 2 N–H and O–H groups in total. The van der Waals surface area contributed by atoms with E-state index < -0.39 is 0 Å². The van der Waals surface area contributed by atoms with E-state index in [-0.39, 0.29) is 5.91 Å². The molecule has 2 aliphatic carbocycles. The average molecular weight is 409 g/mol. The molecular weight excluding hydrogens is 376 g/mol. The number of furan rings is 1. The Balaban J connectivity index is 1.38. The molecule has 3 unspecified atom stereocenters. The number of carbonyl (C=O) groups is 1. The molecule has 0 radical (unpaired) electrons. The first kappa shape index (κ1) is 20.5. The van der Waals surface area contributed by atoms with Crippen LogP contribution in [0.4, 0.5) is 0 Å². The van der Waals surface area contributed by atoms with Crippen molar-refractivity contribution in [3.8, 4) is 0 Å². The van der Waals surface area contributed by atoms with Gasteiger partial charge in [0.1, 0.15) is 5.76 Å². The zero-order valence-electron chi connectivity index (χ0n) is 17.9. The van der Waals surface area contributed by atoms with Crippen molar-refractivity contribution in [3.63, 3.8) is 0 Å². The van der Waals surface area contributed by atoms with Gasteiger partial charge in [-0.3, -0.25) is 4.79 Å². The molecule has 30 heavy (non-hydrogen) atoms. The smallest absolute Gasteiger partial charge is 0.253 e. The third-order valence-corrected chi connectivity index (χ3v) is 6.33. The number of hydrogen-bond donors (Lipinski definition) is 2. The summed E-state index contributed by atoms with van der Waals surface area (Å²) in [6.07, 6.45) is 7.88. The number of carbonyl (C=O) groups excluding carboxylic acids is 1. The van der Waals surface area contributed by atoms with Gasteiger partial charge in [-0.2, -0.15) is 0 Å². The van der Waals surface area contributed by atoms with E-state index in [1.54, 1.807) is 25.3 Å². The molecule has 6 nitrogen and oxygen atoms in total. The van der Waals surface area contributed by atoms with Crippen LogP contribution in [0, 0.1) is 11.8 Å². The van der Waals surface area contributed by atoms with E-state index in [0.717, 1.165) is 42.1 Å². The topological polar surface area (TPSA) is 69.9 Å². The largest absolute Gasteiger partial charge is 0.469 e. The van der Waals surface area contributed by atoms with Crippen molar-refractivity contribution in [2.45, 2.75) is 44.7 Å². The molecule has 4 rings (SSSR count). The molecule has 2 fully saturated rings. The minimum absolute atomic E-state index is 0.0169. The van der Waals surface area contributed by atoms with Gasteiger partial charge in [-0.15, -0.1) is 0 Å². The molecule has 0 saturated heterocycles. The van der Waals surface area contributed by atoms with Crippen LogP contribution in [0.3, 0.4) is 0 Å². The van der Waals surface area contributed by atoms with E-state index in [9.17, 15) is 4.79 Å². The number of nitrogens with zero attached hydrogens (tertiary/aromatic N) is 2. The van der Waals surface area contributed by atoms with Crippen molar-refractivity contribution in [2.24, 2.45) is 16.8 Å². The Bertz CT molecular complexity index is 858. The fourth-order valence-corrected chi connectivity index (χ4v) is 4.69. The Morgan fingerprint density at radius 1 is 1.17 bits per heavy atom. The van der Waals surface area contributed by atoms with Gasteiger partial charge in [0.15, 0.2) is 5.96 Å². The first-order valence-electron chi connectivity index (χ1n) is 11.0. The summed E-state index contributed by atoms with van der Waals surface area (Å²) < 4.78 is 5.43. The second-order valence-electron chi connectivity index (χ2n) is 8.74. The molecule has 1 heterocycles. The summed E-state index contributed by atoms with van der Waals surface area (Å²) >= 11 is 0. The van der Waals surface area contributed by atoms with Crippen molar-refractivity contribution in [1.82, 2.24) is 15.5 Å². The maximum atomic E-state index is 12.1. The molecule has 3 atom stereocenters. The molecule has 2 aliphatic rings. The number of nitrogens with one attached hydrogen (secondary N) is 2. The van der Waals surface area contributed by atoms with E-state index >= 15 is 0 Å².